The normalized spacial score (nSPS) is 12.4. The van der Waals surface area contributed by atoms with Gasteiger partial charge in [0, 0.05) is 12.5 Å². The summed E-state index contributed by atoms with van der Waals surface area (Å²) < 4.78 is 11.8. The fraction of sp³-hybridized carbons (Fsp3) is 0.385. The van der Waals surface area contributed by atoms with Crippen LogP contribution in [-0.4, -0.2) is 22.6 Å². The lowest BCUT2D eigenvalue weighted by atomic mass is 10.2. The minimum absolute atomic E-state index is 0.0389. The number of hydrogen-bond donors (Lipinski definition) is 1. The van der Waals surface area contributed by atoms with Crippen LogP contribution in [-0.2, 0) is 11.2 Å². The van der Waals surface area contributed by atoms with E-state index in [0.29, 0.717) is 18.1 Å². The zero-order chi connectivity index (χ0) is 14.0. The Morgan fingerprint density at radius 2 is 2.37 bits per heavy atom. The molecule has 0 saturated heterocycles. The molecule has 0 aliphatic heterocycles. The average Bonchev–Trinajstić information content (AvgIpc) is 2.96. The predicted octanol–water partition coefficient (Wildman–Crippen LogP) is 1.96. The van der Waals surface area contributed by atoms with Crippen molar-refractivity contribution in [3.63, 3.8) is 0 Å². The third kappa shape index (κ3) is 2.47. The lowest BCUT2D eigenvalue weighted by molar-refractivity contribution is 0.0595. The molecule has 1 atom stereocenters. The van der Waals surface area contributed by atoms with Gasteiger partial charge in [0.15, 0.2) is 5.69 Å². The van der Waals surface area contributed by atoms with Crippen LogP contribution in [0.1, 0.15) is 35.0 Å². The molecule has 2 aromatic rings. The number of rotatable bonds is 4. The number of nitrogens with two attached hydrogens (primary N) is 1. The van der Waals surface area contributed by atoms with Gasteiger partial charge in [-0.15, -0.1) is 0 Å². The van der Waals surface area contributed by atoms with Crippen molar-refractivity contribution in [3.05, 3.63) is 35.7 Å². The molecule has 0 saturated carbocycles. The third-order valence-corrected chi connectivity index (χ3v) is 3.02. The molecule has 0 aliphatic rings. The van der Waals surface area contributed by atoms with E-state index in [2.05, 4.69) is 9.72 Å². The SMILES string of the molecule is COC(=O)c1nc(C)n(C(C)Cc2ccco2)c1N. The second-order valence-corrected chi connectivity index (χ2v) is 4.39. The number of ether oxygens (including phenoxy) is 1. The molecule has 2 aromatic heterocycles. The molecule has 2 N–H and O–H groups in total. The number of furan rings is 1. The molecular formula is C13H17N3O3. The van der Waals surface area contributed by atoms with E-state index in [1.807, 2.05) is 23.6 Å². The van der Waals surface area contributed by atoms with Gasteiger partial charge >= 0.3 is 5.97 Å². The summed E-state index contributed by atoms with van der Waals surface area (Å²) in [7, 11) is 1.31. The Hall–Kier alpha value is -2.24. The molecule has 2 rings (SSSR count). The van der Waals surface area contributed by atoms with E-state index in [0.717, 1.165) is 5.76 Å². The van der Waals surface area contributed by atoms with Gasteiger partial charge in [0.05, 0.1) is 13.4 Å². The minimum Gasteiger partial charge on any atom is -0.469 e. The molecule has 0 aliphatic carbocycles. The first-order chi connectivity index (χ1) is 9.04. The molecule has 0 fully saturated rings. The van der Waals surface area contributed by atoms with Gasteiger partial charge in [-0.1, -0.05) is 0 Å². The van der Waals surface area contributed by atoms with Crippen molar-refractivity contribution in [2.45, 2.75) is 26.3 Å². The Kier molecular flexibility index (Phi) is 3.59. The maximum atomic E-state index is 11.5. The number of carbonyl (C=O) groups is 1. The number of methoxy groups -OCH3 is 1. The minimum atomic E-state index is -0.524. The molecule has 102 valence electrons. The number of carbonyl (C=O) groups excluding carboxylic acids is 1. The van der Waals surface area contributed by atoms with Crippen molar-refractivity contribution in [2.75, 3.05) is 12.8 Å². The number of nitrogen functional groups attached to an aromatic ring is 1. The molecule has 0 bridgehead atoms. The second kappa shape index (κ2) is 5.17. The topological polar surface area (TPSA) is 83.3 Å². The summed E-state index contributed by atoms with van der Waals surface area (Å²) in [6.07, 6.45) is 2.31. The third-order valence-electron chi connectivity index (χ3n) is 3.02. The summed E-state index contributed by atoms with van der Waals surface area (Å²) in [6, 6.07) is 3.78. The van der Waals surface area contributed by atoms with Crippen LogP contribution in [0.2, 0.25) is 0 Å². The Labute approximate surface area is 111 Å². The average molecular weight is 263 g/mol. The van der Waals surface area contributed by atoms with Crippen LogP contribution >= 0.6 is 0 Å². The standard InChI is InChI=1S/C13H17N3O3/c1-8(7-10-5-4-6-19-10)16-9(2)15-11(12(16)14)13(17)18-3/h4-6,8H,7,14H2,1-3H3. The molecule has 19 heavy (non-hydrogen) atoms. The molecule has 6 nitrogen and oxygen atoms in total. The molecule has 0 aromatic carbocycles. The van der Waals surface area contributed by atoms with Crippen LogP contribution in [0.4, 0.5) is 5.82 Å². The number of aromatic nitrogens is 2. The highest BCUT2D eigenvalue weighted by molar-refractivity contribution is 5.92. The first kappa shape index (κ1) is 13.2. The van der Waals surface area contributed by atoms with Gasteiger partial charge in [0.1, 0.15) is 17.4 Å². The van der Waals surface area contributed by atoms with E-state index in [9.17, 15) is 4.79 Å². The van der Waals surface area contributed by atoms with Gasteiger partial charge in [0.25, 0.3) is 0 Å². The van der Waals surface area contributed by atoms with Crippen molar-refractivity contribution in [1.82, 2.24) is 9.55 Å². The molecule has 2 heterocycles. The van der Waals surface area contributed by atoms with Gasteiger partial charge in [-0.05, 0) is 26.0 Å². The van der Waals surface area contributed by atoms with E-state index < -0.39 is 5.97 Å². The maximum Gasteiger partial charge on any atom is 0.360 e. The quantitative estimate of drug-likeness (QED) is 0.852. The highest BCUT2D eigenvalue weighted by Gasteiger charge is 2.22. The van der Waals surface area contributed by atoms with E-state index in [4.69, 9.17) is 10.2 Å². The highest BCUT2D eigenvalue weighted by Crippen LogP contribution is 2.23. The van der Waals surface area contributed by atoms with Gasteiger partial charge in [-0.2, -0.15) is 0 Å². The summed E-state index contributed by atoms with van der Waals surface area (Å²) in [4.78, 5) is 15.7. The van der Waals surface area contributed by atoms with Gasteiger partial charge in [-0.3, -0.25) is 0 Å². The van der Waals surface area contributed by atoms with Crippen molar-refractivity contribution < 1.29 is 13.9 Å². The molecule has 0 spiro atoms. The summed E-state index contributed by atoms with van der Waals surface area (Å²) in [5, 5.41) is 0. The summed E-state index contributed by atoms with van der Waals surface area (Å²) in [6.45, 7) is 3.80. The van der Waals surface area contributed by atoms with Crippen LogP contribution in [0, 0.1) is 6.92 Å². The van der Waals surface area contributed by atoms with E-state index in [1.54, 1.807) is 13.2 Å². The van der Waals surface area contributed by atoms with Crippen LogP contribution in [0.5, 0.6) is 0 Å². The molecule has 0 radical (unpaired) electrons. The lowest BCUT2D eigenvalue weighted by Gasteiger charge is -2.15. The zero-order valence-corrected chi connectivity index (χ0v) is 11.2. The van der Waals surface area contributed by atoms with E-state index in [1.165, 1.54) is 7.11 Å². The number of hydrogen-bond acceptors (Lipinski definition) is 5. The predicted molar refractivity (Wildman–Crippen MR) is 69.8 cm³/mol. The van der Waals surface area contributed by atoms with Gasteiger partial charge < -0.3 is 19.5 Å². The maximum absolute atomic E-state index is 11.5. The first-order valence-corrected chi connectivity index (χ1v) is 5.99. The van der Waals surface area contributed by atoms with Crippen LogP contribution in [0.3, 0.4) is 0 Å². The Bertz CT molecular complexity index is 572. The fourth-order valence-corrected chi connectivity index (χ4v) is 2.18. The number of nitrogens with zero attached hydrogens (tertiary/aromatic N) is 2. The largest absolute Gasteiger partial charge is 0.469 e. The van der Waals surface area contributed by atoms with Crippen molar-refractivity contribution in [2.24, 2.45) is 0 Å². The number of anilines is 1. The number of esters is 1. The molecule has 6 heteroatoms. The van der Waals surface area contributed by atoms with Crippen molar-refractivity contribution in [1.29, 1.82) is 0 Å². The van der Waals surface area contributed by atoms with Crippen LogP contribution < -0.4 is 5.73 Å². The highest BCUT2D eigenvalue weighted by atomic mass is 16.5. The summed E-state index contributed by atoms with van der Waals surface area (Å²) in [5.41, 5.74) is 6.14. The lowest BCUT2D eigenvalue weighted by Crippen LogP contribution is -2.14. The molecule has 1 unspecified atom stereocenters. The summed E-state index contributed by atoms with van der Waals surface area (Å²) >= 11 is 0. The monoisotopic (exact) mass is 263 g/mol. The van der Waals surface area contributed by atoms with E-state index >= 15 is 0 Å². The Balaban J connectivity index is 2.29. The zero-order valence-electron chi connectivity index (χ0n) is 11.2. The fourth-order valence-electron chi connectivity index (χ4n) is 2.18. The van der Waals surface area contributed by atoms with Gasteiger partial charge in [-0.25, -0.2) is 9.78 Å². The van der Waals surface area contributed by atoms with Crippen molar-refractivity contribution in [3.8, 4) is 0 Å². The molecule has 0 amide bonds. The van der Waals surface area contributed by atoms with Crippen LogP contribution in [0.25, 0.3) is 0 Å². The number of imidazole rings is 1. The van der Waals surface area contributed by atoms with Gasteiger partial charge in [0.2, 0.25) is 0 Å². The van der Waals surface area contributed by atoms with E-state index in [-0.39, 0.29) is 11.7 Å². The summed E-state index contributed by atoms with van der Waals surface area (Å²) in [5.74, 6) is 1.34. The number of aryl methyl sites for hydroxylation is 1. The Morgan fingerprint density at radius 3 is 2.95 bits per heavy atom. The smallest absolute Gasteiger partial charge is 0.360 e. The molecular weight excluding hydrogens is 246 g/mol. The Morgan fingerprint density at radius 1 is 1.63 bits per heavy atom. The second-order valence-electron chi connectivity index (χ2n) is 4.39. The van der Waals surface area contributed by atoms with Crippen LogP contribution in [0.15, 0.2) is 22.8 Å². The first-order valence-electron chi connectivity index (χ1n) is 5.99. The van der Waals surface area contributed by atoms with Crippen molar-refractivity contribution >= 4 is 11.8 Å².